The quantitative estimate of drug-likeness (QED) is 0.440. The summed E-state index contributed by atoms with van der Waals surface area (Å²) in [6.07, 6.45) is -0.424. The number of rotatable bonds is 5. The molecule has 7 nitrogen and oxygen atoms in total. The number of primary amides is 1. The van der Waals surface area contributed by atoms with Gasteiger partial charge in [-0.3, -0.25) is 4.79 Å². The van der Waals surface area contributed by atoms with E-state index < -0.39 is 30.4 Å². The molecule has 0 saturated carbocycles. The van der Waals surface area contributed by atoms with Gasteiger partial charge in [0, 0.05) is 6.54 Å². The van der Waals surface area contributed by atoms with E-state index in [0.717, 1.165) is 0 Å². The second-order valence-corrected chi connectivity index (χ2v) is 2.57. The number of carbonyl (C=O) groups excluding carboxylic acids is 2. The van der Waals surface area contributed by atoms with Gasteiger partial charge >= 0.3 is 12.0 Å². The molecule has 0 heterocycles. The van der Waals surface area contributed by atoms with Crippen molar-refractivity contribution < 1.29 is 19.5 Å². The Kier molecular flexibility index (Phi) is 5.05. The highest BCUT2D eigenvalue weighted by atomic mass is 16.4. The van der Waals surface area contributed by atoms with Crippen LogP contribution >= 0.6 is 0 Å². The summed E-state index contributed by atoms with van der Waals surface area (Å²) in [6, 6.07) is -1.92. The van der Waals surface area contributed by atoms with Crippen LogP contribution in [0.25, 0.3) is 0 Å². The Morgan fingerprint density at radius 1 is 1.43 bits per heavy atom. The van der Waals surface area contributed by atoms with Gasteiger partial charge in [0.1, 0.15) is 6.04 Å². The maximum Gasteiger partial charge on any atom is 0.326 e. The van der Waals surface area contributed by atoms with Crippen LogP contribution in [-0.4, -0.2) is 35.6 Å². The lowest BCUT2D eigenvalue weighted by Crippen LogP contribution is -2.47. The van der Waals surface area contributed by atoms with Crippen molar-refractivity contribution in [2.45, 2.75) is 19.4 Å². The third-order valence-electron chi connectivity index (χ3n) is 1.35. The fraction of sp³-hybridized carbons (Fsp3) is 0.571. The molecular weight excluding hydrogens is 190 g/mol. The second kappa shape index (κ2) is 5.79. The second-order valence-electron chi connectivity index (χ2n) is 2.57. The van der Waals surface area contributed by atoms with Crippen LogP contribution in [0.1, 0.15) is 13.3 Å². The van der Waals surface area contributed by atoms with Crippen LogP contribution in [0.15, 0.2) is 0 Å². The highest BCUT2D eigenvalue weighted by Crippen LogP contribution is 1.91. The Balaban J connectivity index is 4.16. The molecular formula is C7H13N3O4. The molecule has 1 unspecified atom stereocenters. The van der Waals surface area contributed by atoms with E-state index in [1.165, 1.54) is 0 Å². The number of nitrogens with one attached hydrogen (secondary N) is 2. The largest absolute Gasteiger partial charge is 0.480 e. The molecule has 0 aliphatic heterocycles. The van der Waals surface area contributed by atoms with E-state index in [2.05, 4.69) is 10.6 Å². The summed E-state index contributed by atoms with van der Waals surface area (Å²) < 4.78 is 0. The number of amides is 3. The summed E-state index contributed by atoms with van der Waals surface area (Å²) in [5.74, 6) is -2.08. The number of aliphatic carboxylic acids is 1. The number of carboxylic acids is 1. The van der Waals surface area contributed by atoms with Crippen molar-refractivity contribution in [2.24, 2.45) is 5.73 Å². The van der Waals surface area contributed by atoms with Crippen LogP contribution in [0.5, 0.6) is 0 Å². The van der Waals surface area contributed by atoms with Crippen molar-refractivity contribution in [1.82, 2.24) is 10.6 Å². The molecule has 0 aromatic rings. The predicted octanol–water partition coefficient (Wildman–Crippen LogP) is -1.37. The van der Waals surface area contributed by atoms with Gasteiger partial charge in [-0.1, -0.05) is 0 Å². The van der Waals surface area contributed by atoms with Gasteiger partial charge in [0.25, 0.3) is 0 Å². The Morgan fingerprint density at radius 2 is 2.00 bits per heavy atom. The SMILES string of the molecule is CCNC(=O)NC(CC(N)=O)C(=O)O. The minimum absolute atomic E-state index is 0.370. The van der Waals surface area contributed by atoms with Gasteiger partial charge in [0.15, 0.2) is 0 Å². The number of urea groups is 1. The third kappa shape index (κ3) is 4.96. The van der Waals surface area contributed by atoms with Crippen molar-refractivity contribution in [3.05, 3.63) is 0 Å². The van der Waals surface area contributed by atoms with E-state index in [0.29, 0.717) is 6.54 Å². The van der Waals surface area contributed by atoms with E-state index >= 15 is 0 Å². The van der Waals surface area contributed by atoms with Crippen molar-refractivity contribution in [3.63, 3.8) is 0 Å². The summed E-state index contributed by atoms with van der Waals surface area (Å²) in [7, 11) is 0. The molecule has 0 spiro atoms. The summed E-state index contributed by atoms with van der Waals surface area (Å²) in [6.45, 7) is 2.05. The highest BCUT2D eigenvalue weighted by molar-refractivity contribution is 5.87. The molecule has 3 amide bonds. The Bertz CT molecular complexity index is 241. The Hall–Kier alpha value is -1.79. The Labute approximate surface area is 80.6 Å². The molecule has 0 rings (SSSR count). The zero-order chi connectivity index (χ0) is 11.1. The standard InChI is InChI=1S/C7H13N3O4/c1-2-9-7(14)10-4(6(12)13)3-5(8)11/h4H,2-3H2,1H3,(H2,8,11)(H,12,13)(H2,9,10,14). The number of carbonyl (C=O) groups is 3. The first-order chi connectivity index (χ1) is 6.47. The van der Waals surface area contributed by atoms with Crippen LogP contribution in [0.4, 0.5) is 4.79 Å². The molecule has 0 saturated heterocycles. The van der Waals surface area contributed by atoms with Crippen LogP contribution < -0.4 is 16.4 Å². The van der Waals surface area contributed by atoms with E-state index in [4.69, 9.17) is 10.8 Å². The van der Waals surface area contributed by atoms with E-state index in [9.17, 15) is 14.4 Å². The van der Waals surface area contributed by atoms with Gasteiger partial charge in [-0.25, -0.2) is 9.59 Å². The lowest BCUT2D eigenvalue weighted by Gasteiger charge is -2.12. The minimum Gasteiger partial charge on any atom is -0.480 e. The zero-order valence-electron chi connectivity index (χ0n) is 7.74. The number of hydrogen-bond donors (Lipinski definition) is 4. The van der Waals surface area contributed by atoms with E-state index in [-0.39, 0.29) is 0 Å². The lowest BCUT2D eigenvalue weighted by molar-refractivity contribution is -0.140. The molecule has 7 heteroatoms. The summed E-state index contributed by atoms with van der Waals surface area (Å²) >= 11 is 0. The summed E-state index contributed by atoms with van der Waals surface area (Å²) in [5, 5.41) is 13.0. The minimum atomic E-state index is -1.30. The topological polar surface area (TPSA) is 122 Å². The van der Waals surface area contributed by atoms with Gasteiger partial charge in [0.2, 0.25) is 5.91 Å². The molecule has 1 atom stereocenters. The van der Waals surface area contributed by atoms with Crippen LogP contribution in [0, 0.1) is 0 Å². The maximum atomic E-state index is 10.9. The van der Waals surface area contributed by atoms with Crippen LogP contribution in [0.2, 0.25) is 0 Å². The highest BCUT2D eigenvalue weighted by Gasteiger charge is 2.21. The molecule has 0 aliphatic rings. The Morgan fingerprint density at radius 3 is 2.36 bits per heavy atom. The molecule has 5 N–H and O–H groups in total. The average molecular weight is 203 g/mol. The van der Waals surface area contributed by atoms with Gasteiger partial charge < -0.3 is 21.5 Å². The summed E-state index contributed by atoms with van der Waals surface area (Å²) in [5.41, 5.74) is 4.81. The zero-order valence-corrected chi connectivity index (χ0v) is 7.74. The van der Waals surface area contributed by atoms with Crippen molar-refractivity contribution >= 4 is 17.9 Å². The molecule has 0 fully saturated rings. The first kappa shape index (κ1) is 12.2. The van der Waals surface area contributed by atoms with Gasteiger partial charge in [-0.2, -0.15) is 0 Å². The number of hydrogen-bond acceptors (Lipinski definition) is 3. The predicted molar refractivity (Wildman–Crippen MR) is 47.4 cm³/mol. The molecule has 80 valence electrons. The molecule has 0 bridgehead atoms. The fourth-order valence-electron chi connectivity index (χ4n) is 0.771. The van der Waals surface area contributed by atoms with Gasteiger partial charge in [0.05, 0.1) is 6.42 Å². The fourth-order valence-corrected chi connectivity index (χ4v) is 0.771. The monoisotopic (exact) mass is 203 g/mol. The molecule has 0 aromatic carbocycles. The van der Waals surface area contributed by atoms with Crippen molar-refractivity contribution in [1.29, 1.82) is 0 Å². The maximum absolute atomic E-state index is 10.9. The number of carboxylic acid groups (broad SMARTS) is 1. The first-order valence-electron chi connectivity index (χ1n) is 4.02. The van der Waals surface area contributed by atoms with E-state index in [1.807, 2.05) is 0 Å². The average Bonchev–Trinajstić information content (AvgIpc) is 2.02. The smallest absolute Gasteiger partial charge is 0.326 e. The normalized spacial score (nSPS) is 11.5. The third-order valence-corrected chi connectivity index (χ3v) is 1.35. The van der Waals surface area contributed by atoms with Gasteiger partial charge in [-0.05, 0) is 6.92 Å². The van der Waals surface area contributed by atoms with Crippen molar-refractivity contribution in [2.75, 3.05) is 6.54 Å². The lowest BCUT2D eigenvalue weighted by atomic mass is 10.2. The summed E-state index contributed by atoms with van der Waals surface area (Å²) in [4.78, 5) is 31.9. The van der Waals surface area contributed by atoms with Gasteiger partial charge in [-0.15, -0.1) is 0 Å². The van der Waals surface area contributed by atoms with E-state index in [1.54, 1.807) is 6.92 Å². The van der Waals surface area contributed by atoms with Crippen LogP contribution in [0.3, 0.4) is 0 Å². The number of nitrogens with two attached hydrogens (primary N) is 1. The van der Waals surface area contributed by atoms with Crippen LogP contribution in [-0.2, 0) is 9.59 Å². The molecule has 14 heavy (non-hydrogen) atoms. The van der Waals surface area contributed by atoms with Crippen molar-refractivity contribution in [3.8, 4) is 0 Å². The first-order valence-corrected chi connectivity index (χ1v) is 4.02. The molecule has 0 aromatic heterocycles. The molecule has 0 aliphatic carbocycles. The molecule has 0 radical (unpaired) electrons.